The van der Waals surface area contributed by atoms with Gasteiger partial charge >= 0.3 is 6.03 Å². The molecule has 0 spiro atoms. The number of thiazole rings is 1. The number of benzene rings is 1. The number of carbonyl (C=O) groups excluding carboxylic acids is 1. The lowest BCUT2D eigenvalue weighted by Gasteiger charge is -2.27. The maximum absolute atomic E-state index is 12.6. The van der Waals surface area contributed by atoms with Crippen LogP contribution >= 0.6 is 11.3 Å². The number of nitrogens with one attached hydrogen (secondary N) is 1. The van der Waals surface area contributed by atoms with Gasteiger partial charge in [-0.2, -0.15) is 0 Å². The first-order valence-electron chi connectivity index (χ1n) is 8.21. The summed E-state index contributed by atoms with van der Waals surface area (Å²) in [6.45, 7) is 5.36. The van der Waals surface area contributed by atoms with Crippen LogP contribution in [0, 0.1) is 0 Å². The van der Waals surface area contributed by atoms with Crippen LogP contribution in [0.4, 0.5) is 10.6 Å². The van der Waals surface area contributed by atoms with E-state index < -0.39 is 0 Å². The van der Waals surface area contributed by atoms with Crippen molar-refractivity contribution in [3.05, 3.63) is 46.3 Å². The highest BCUT2D eigenvalue weighted by Gasteiger charge is 2.41. The van der Waals surface area contributed by atoms with Gasteiger partial charge in [0.05, 0.1) is 17.0 Å². The fraction of sp³-hybridized carbons (Fsp3) is 0.444. The quantitative estimate of drug-likeness (QED) is 0.892. The molecule has 2 aromatic rings. The number of aliphatic hydroxyl groups is 1. The number of amides is 2. The number of rotatable bonds is 4. The predicted molar refractivity (Wildman–Crippen MR) is 96.6 cm³/mol. The summed E-state index contributed by atoms with van der Waals surface area (Å²) in [6, 6.07) is 9.81. The number of hydrogen-bond acceptors (Lipinski definition) is 4. The highest BCUT2D eigenvalue weighted by Crippen LogP contribution is 2.35. The van der Waals surface area contributed by atoms with Crippen LogP contribution in [-0.4, -0.2) is 40.7 Å². The van der Waals surface area contributed by atoms with Crippen LogP contribution in [0.15, 0.2) is 35.8 Å². The summed E-state index contributed by atoms with van der Waals surface area (Å²) < 4.78 is 0. The Morgan fingerprint density at radius 3 is 2.83 bits per heavy atom. The van der Waals surface area contributed by atoms with Gasteiger partial charge in [0.2, 0.25) is 0 Å². The number of likely N-dealkylation sites (tertiary alicyclic amines) is 1. The van der Waals surface area contributed by atoms with Crippen LogP contribution in [0.2, 0.25) is 0 Å². The molecule has 128 valence electrons. The first-order valence-corrected chi connectivity index (χ1v) is 9.09. The second-order valence-electron chi connectivity index (χ2n) is 6.63. The topological polar surface area (TPSA) is 65.5 Å². The summed E-state index contributed by atoms with van der Waals surface area (Å²) in [4.78, 5) is 19.7. The largest absolute Gasteiger partial charge is 0.395 e. The van der Waals surface area contributed by atoms with Crippen LogP contribution in [0.3, 0.4) is 0 Å². The van der Waals surface area contributed by atoms with Crippen molar-refractivity contribution < 1.29 is 9.90 Å². The fourth-order valence-electron chi connectivity index (χ4n) is 3.23. The molecule has 1 fully saturated rings. The zero-order valence-corrected chi connectivity index (χ0v) is 14.8. The van der Waals surface area contributed by atoms with Gasteiger partial charge < -0.3 is 10.0 Å². The number of aromatic nitrogens is 1. The van der Waals surface area contributed by atoms with Gasteiger partial charge in [0.15, 0.2) is 0 Å². The minimum atomic E-state index is -0.373. The molecule has 6 heteroatoms. The molecule has 0 saturated carbocycles. The van der Waals surface area contributed by atoms with Crippen LogP contribution in [-0.2, 0) is 5.41 Å². The average molecular weight is 345 g/mol. The normalized spacial score (nSPS) is 20.6. The van der Waals surface area contributed by atoms with Crippen LogP contribution in [0.1, 0.15) is 36.6 Å². The molecule has 1 atom stereocenters. The standard InChI is InChI=1S/C18H23N3O2S/c1-13(2)15-16(19-12-24-15)20-17(23)21-9-8-18(10-21,11-22)14-6-4-3-5-7-14/h3-7,12-13,22H,8-11H2,1-2H3,(H,20,23). The van der Waals surface area contributed by atoms with E-state index >= 15 is 0 Å². The van der Waals surface area contributed by atoms with E-state index in [0.717, 1.165) is 16.9 Å². The Kier molecular flexibility index (Phi) is 4.87. The van der Waals surface area contributed by atoms with E-state index in [0.29, 0.717) is 24.8 Å². The Bertz CT molecular complexity index is 701. The predicted octanol–water partition coefficient (Wildman–Crippen LogP) is 3.43. The molecular weight excluding hydrogens is 322 g/mol. The molecule has 0 bridgehead atoms. The molecule has 1 aromatic heterocycles. The third kappa shape index (κ3) is 3.16. The van der Waals surface area contributed by atoms with Gasteiger partial charge in [-0.05, 0) is 17.9 Å². The molecule has 1 unspecified atom stereocenters. The first-order chi connectivity index (χ1) is 11.6. The lowest BCUT2D eigenvalue weighted by molar-refractivity contribution is 0.188. The summed E-state index contributed by atoms with van der Waals surface area (Å²) >= 11 is 1.56. The smallest absolute Gasteiger partial charge is 0.323 e. The van der Waals surface area contributed by atoms with E-state index in [1.807, 2.05) is 30.3 Å². The van der Waals surface area contributed by atoms with Gasteiger partial charge in [0, 0.05) is 18.5 Å². The average Bonchev–Trinajstić information content (AvgIpc) is 3.23. The monoisotopic (exact) mass is 345 g/mol. The van der Waals surface area contributed by atoms with Crippen molar-refractivity contribution in [1.29, 1.82) is 0 Å². The Morgan fingerprint density at radius 2 is 2.17 bits per heavy atom. The third-order valence-corrected chi connectivity index (χ3v) is 5.80. The van der Waals surface area contributed by atoms with Gasteiger partial charge in [0.25, 0.3) is 0 Å². The van der Waals surface area contributed by atoms with Crippen molar-refractivity contribution in [3.63, 3.8) is 0 Å². The van der Waals surface area contributed by atoms with Gasteiger partial charge in [-0.1, -0.05) is 44.2 Å². The van der Waals surface area contributed by atoms with E-state index in [2.05, 4.69) is 24.1 Å². The van der Waals surface area contributed by atoms with Crippen molar-refractivity contribution >= 4 is 23.2 Å². The maximum atomic E-state index is 12.6. The Labute approximate surface area is 146 Å². The second-order valence-corrected chi connectivity index (χ2v) is 7.51. The van der Waals surface area contributed by atoms with Crippen LogP contribution in [0.25, 0.3) is 0 Å². The minimum Gasteiger partial charge on any atom is -0.395 e. The molecule has 5 nitrogen and oxygen atoms in total. The maximum Gasteiger partial charge on any atom is 0.323 e. The molecular formula is C18H23N3O2S. The van der Waals surface area contributed by atoms with Gasteiger partial charge in [-0.25, -0.2) is 9.78 Å². The van der Waals surface area contributed by atoms with Crippen molar-refractivity contribution in [2.75, 3.05) is 25.0 Å². The molecule has 1 aliphatic heterocycles. The SMILES string of the molecule is CC(C)c1scnc1NC(=O)N1CCC(CO)(c2ccccc2)C1. The zero-order valence-electron chi connectivity index (χ0n) is 14.0. The van der Waals surface area contributed by atoms with Crippen molar-refractivity contribution in [2.45, 2.75) is 31.6 Å². The van der Waals surface area contributed by atoms with E-state index in [4.69, 9.17) is 0 Å². The summed E-state index contributed by atoms with van der Waals surface area (Å²) in [5, 5.41) is 12.9. The van der Waals surface area contributed by atoms with Gasteiger partial charge in [0.1, 0.15) is 5.82 Å². The van der Waals surface area contributed by atoms with E-state index in [-0.39, 0.29) is 18.1 Å². The van der Waals surface area contributed by atoms with E-state index in [1.165, 1.54) is 0 Å². The van der Waals surface area contributed by atoms with Crippen molar-refractivity contribution in [1.82, 2.24) is 9.88 Å². The second kappa shape index (κ2) is 6.91. The summed E-state index contributed by atoms with van der Waals surface area (Å²) in [7, 11) is 0. The molecule has 1 aromatic carbocycles. The molecule has 2 heterocycles. The van der Waals surface area contributed by atoms with Gasteiger partial charge in [-0.15, -0.1) is 11.3 Å². The number of hydrogen-bond donors (Lipinski definition) is 2. The van der Waals surface area contributed by atoms with E-state index in [1.54, 1.807) is 21.7 Å². The highest BCUT2D eigenvalue weighted by molar-refractivity contribution is 7.10. The van der Waals surface area contributed by atoms with Crippen molar-refractivity contribution in [3.8, 4) is 0 Å². The third-order valence-electron chi connectivity index (χ3n) is 4.67. The lowest BCUT2D eigenvalue weighted by atomic mass is 9.80. The summed E-state index contributed by atoms with van der Waals surface area (Å²) in [5.41, 5.74) is 2.47. The molecule has 3 rings (SSSR count). The molecule has 0 radical (unpaired) electrons. The molecule has 2 N–H and O–H groups in total. The Morgan fingerprint density at radius 1 is 1.42 bits per heavy atom. The zero-order chi connectivity index (χ0) is 17.2. The Balaban J connectivity index is 1.73. The molecule has 1 aliphatic rings. The Hall–Kier alpha value is -1.92. The van der Waals surface area contributed by atoms with Crippen LogP contribution < -0.4 is 5.32 Å². The molecule has 0 aliphatic carbocycles. The molecule has 2 amide bonds. The molecule has 1 saturated heterocycles. The highest BCUT2D eigenvalue weighted by atomic mass is 32.1. The van der Waals surface area contributed by atoms with Gasteiger partial charge in [-0.3, -0.25) is 5.32 Å². The number of carbonyl (C=O) groups is 1. The summed E-state index contributed by atoms with van der Waals surface area (Å²) in [5.74, 6) is 0.980. The number of anilines is 1. The number of aliphatic hydroxyl groups excluding tert-OH is 1. The number of urea groups is 1. The summed E-state index contributed by atoms with van der Waals surface area (Å²) in [6.07, 6.45) is 0.759. The first kappa shape index (κ1) is 16.9. The number of nitrogens with zero attached hydrogens (tertiary/aromatic N) is 2. The fourth-order valence-corrected chi connectivity index (χ4v) is 3.99. The van der Waals surface area contributed by atoms with E-state index in [9.17, 15) is 9.90 Å². The van der Waals surface area contributed by atoms with Crippen molar-refractivity contribution in [2.24, 2.45) is 0 Å². The molecule has 24 heavy (non-hydrogen) atoms. The minimum absolute atomic E-state index is 0.0364. The van der Waals surface area contributed by atoms with Crippen LogP contribution in [0.5, 0.6) is 0 Å². The lowest BCUT2D eigenvalue weighted by Crippen LogP contribution is -2.39.